The molecule has 0 heterocycles. The van der Waals surface area contributed by atoms with Crippen LogP contribution in [0.4, 0.5) is 0 Å². The lowest BCUT2D eigenvalue weighted by Gasteiger charge is -2.19. The van der Waals surface area contributed by atoms with Crippen LogP contribution in [0.5, 0.6) is 5.75 Å². The number of rotatable bonds is 15. The van der Waals surface area contributed by atoms with Gasteiger partial charge in [-0.05, 0) is 68.6 Å². The van der Waals surface area contributed by atoms with E-state index in [4.69, 9.17) is 5.11 Å². The summed E-state index contributed by atoms with van der Waals surface area (Å²) in [5.41, 5.74) is 1.16. The molecule has 0 aliphatic heterocycles. The number of carboxylic acids is 1. The second kappa shape index (κ2) is 13.9. The van der Waals surface area contributed by atoms with Gasteiger partial charge < -0.3 is 20.1 Å². The van der Waals surface area contributed by atoms with Crippen molar-refractivity contribution in [2.45, 2.75) is 70.8 Å². The number of phenolic OH excluding ortho intramolecular Hbond substituents is 1. The third kappa shape index (κ3) is 11.5. The number of hydrogen-bond donors (Lipinski definition) is 3. The van der Waals surface area contributed by atoms with E-state index in [9.17, 15) is 19.8 Å². The van der Waals surface area contributed by atoms with Crippen molar-refractivity contribution in [2.75, 3.05) is 0 Å². The molecular formula is C23H34O5. The zero-order chi connectivity index (χ0) is 20.8. The van der Waals surface area contributed by atoms with Crippen molar-refractivity contribution >= 4 is 12.3 Å². The van der Waals surface area contributed by atoms with E-state index in [0.29, 0.717) is 25.2 Å². The Bertz CT molecular complexity index is 594. The van der Waals surface area contributed by atoms with E-state index in [-0.39, 0.29) is 17.8 Å². The van der Waals surface area contributed by atoms with Gasteiger partial charge in [-0.1, -0.05) is 38.0 Å². The molecule has 0 saturated carbocycles. The first-order valence-electron chi connectivity index (χ1n) is 10.2. The quantitative estimate of drug-likeness (QED) is 0.233. The Hall–Kier alpha value is -2.14. The van der Waals surface area contributed by atoms with E-state index in [2.05, 4.69) is 0 Å². The van der Waals surface area contributed by atoms with Gasteiger partial charge >= 0.3 is 5.97 Å². The number of benzene rings is 1. The predicted octanol–water partition coefficient (Wildman–Crippen LogP) is 4.51. The van der Waals surface area contributed by atoms with E-state index in [0.717, 1.165) is 50.4 Å². The van der Waals surface area contributed by atoms with Crippen molar-refractivity contribution in [1.82, 2.24) is 0 Å². The zero-order valence-corrected chi connectivity index (χ0v) is 16.8. The number of aromatic hydroxyl groups is 1. The number of allylic oxidation sites excluding steroid dienone is 1. The molecular weight excluding hydrogens is 356 g/mol. The highest BCUT2D eigenvalue weighted by Gasteiger charge is 2.14. The lowest BCUT2D eigenvalue weighted by Crippen LogP contribution is -2.13. The van der Waals surface area contributed by atoms with Gasteiger partial charge in [0.2, 0.25) is 0 Å². The van der Waals surface area contributed by atoms with E-state index < -0.39 is 5.97 Å². The number of aliphatic carboxylic acids is 1. The van der Waals surface area contributed by atoms with Crippen molar-refractivity contribution in [1.29, 1.82) is 0 Å². The molecule has 3 N–H and O–H groups in total. The molecule has 0 bridgehead atoms. The molecule has 0 aromatic heterocycles. The molecule has 0 aliphatic carbocycles. The molecule has 0 spiro atoms. The predicted molar refractivity (Wildman–Crippen MR) is 110 cm³/mol. The molecule has 0 fully saturated rings. The first-order valence-corrected chi connectivity index (χ1v) is 10.2. The summed E-state index contributed by atoms with van der Waals surface area (Å²) in [5, 5.41) is 28.3. The maximum Gasteiger partial charge on any atom is 0.327 e. The molecule has 3 atom stereocenters. The third-order valence-electron chi connectivity index (χ3n) is 5.05. The number of unbranched alkanes of at least 4 members (excludes halogenated alkanes) is 2. The van der Waals surface area contributed by atoms with Crippen LogP contribution < -0.4 is 0 Å². The minimum Gasteiger partial charge on any atom is -0.508 e. The maximum absolute atomic E-state index is 10.7. The topological polar surface area (TPSA) is 94.8 Å². The fraction of sp³-hybridized carbons (Fsp3) is 0.565. The minimum absolute atomic E-state index is 0.0127. The molecule has 0 saturated heterocycles. The number of carbonyl (C=O) groups excluding carboxylic acids is 1. The number of hydrogen-bond acceptors (Lipinski definition) is 4. The van der Waals surface area contributed by atoms with Gasteiger partial charge in [-0.25, -0.2) is 4.79 Å². The smallest absolute Gasteiger partial charge is 0.327 e. The Balaban J connectivity index is 2.48. The van der Waals surface area contributed by atoms with E-state index in [1.54, 1.807) is 18.2 Å². The Kier molecular flexibility index (Phi) is 11.9. The largest absolute Gasteiger partial charge is 0.508 e. The molecule has 0 amide bonds. The summed E-state index contributed by atoms with van der Waals surface area (Å²) in [7, 11) is 0. The highest BCUT2D eigenvalue weighted by atomic mass is 16.4. The van der Waals surface area contributed by atoms with Crippen molar-refractivity contribution in [3.8, 4) is 5.75 Å². The Morgan fingerprint density at radius 2 is 1.71 bits per heavy atom. The van der Waals surface area contributed by atoms with Gasteiger partial charge in [-0.15, -0.1) is 0 Å². The molecule has 1 rings (SSSR count). The second-order valence-corrected chi connectivity index (χ2v) is 7.68. The molecule has 28 heavy (non-hydrogen) atoms. The summed E-state index contributed by atoms with van der Waals surface area (Å²) in [6, 6.07) is 7.25. The molecule has 0 radical (unpaired) electrons. The summed E-state index contributed by atoms with van der Waals surface area (Å²) < 4.78 is 0. The Morgan fingerprint density at radius 1 is 1.04 bits per heavy atom. The van der Waals surface area contributed by atoms with Crippen LogP contribution in [0.2, 0.25) is 0 Å². The number of aldehydes is 1. The van der Waals surface area contributed by atoms with E-state index in [1.807, 2.05) is 19.1 Å². The Morgan fingerprint density at radius 3 is 2.36 bits per heavy atom. The fourth-order valence-corrected chi connectivity index (χ4v) is 3.29. The Labute approximate surface area is 168 Å². The van der Waals surface area contributed by atoms with Crippen LogP contribution in [-0.4, -0.2) is 33.7 Å². The number of carboxylic acid groups (broad SMARTS) is 1. The van der Waals surface area contributed by atoms with Crippen LogP contribution in [0.15, 0.2) is 36.4 Å². The zero-order valence-electron chi connectivity index (χ0n) is 16.8. The van der Waals surface area contributed by atoms with Crippen molar-refractivity contribution in [2.24, 2.45) is 11.8 Å². The van der Waals surface area contributed by atoms with Crippen LogP contribution in [0.1, 0.15) is 63.9 Å². The molecule has 3 unspecified atom stereocenters. The van der Waals surface area contributed by atoms with Gasteiger partial charge in [-0.3, -0.25) is 0 Å². The molecule has 5 heteroatoms. The highest BCUT2D eigenvalue weighted by molar-refractivity contribution is 5.79. The molecule has 1 aromatic rings. The van der Waals surface area contributed by atoms with Gasteiger partial charge in [0.1, 0.15) is 12.0 Å². The van der Waals surface area contributed by atoms with Gasteiger partial charge in [0, 0.05) is 12.0 Å². The first-order chi connectivity index (χ1) is 13.4. The summed E-state index contributed by atoms with van der Waals surface area (Å²) in [5.74, 6) is -0.249. The molecule has 5 nitrogen and oxygen atoms in total. The third-order valence-corrected chi connectivity index (χ3v) is 5.05. The summed E-state index contributed by atoms with van der Waals surface area (Å²) in [4.78, 5) is 21.2. The van der Waals surface area contributed by atoms with Gasteiger partial charge in [0.15, 0.2) is 0 Å². The average Bonchev–Trinajstić information content (AvgIpc) is 2.67. The van der Waals surface area contributed by atoms with E-state index in [1.165, 1.54) is 6.08 Å². The maximum atomic E-state index is 10.7. The summed E-state index contributed by atoms with van der Waals surface area (Å²) >= 11 is 0. The lowest BCUT2D eigenvalue weighted by atomic mass is 9.88. The lowest BCUT2D eigenvalue weighted by molar-refractivity contribution is -0.131. The molecule has 0 aliphatic rings. The van der Waals surface area contributed by atoms with Crippen LogP contribution >= 0.6 is 0 Å². The molecule has 1 aromatic carbocycles. The van der Waals surface area contributed by atoms with Crippen LogP contribution in [0, 0.1) is 11.8 Å². The van der Waals surface area contributed by atoms with Gasteiger partial charge in [0.25, 0.3) is 0 Å². The highest BCUT2D eigenvalue weighted by Crippen LogP contribution is 2.24. The average molecular weight is 391 g/mol. The van der Waals surface area contributed by atoms with Crippen LogP contribution in [-0.2, 0) is 16.0 Å². The van der Waals surface area contributed by atoms with Crippen molar-refractivity contribution < 1.29 is 24.9 Å². The molecule has 156 valence electrons. The minimum atomic E-state index is -0.914. The van der Waals surface area contributed by atoms with Crippen LogP contribution in [0.25, 0.3) is 0 Å². The number of aliphatic hydroxyl groups excluding tert-OH is 1. The standard InChI is InChI=1S/C23H34O5/c1-18(17-24)8-12-21(25)13-9-19(6-4-2-3-5-7-23(27)28)16-20-10-14-22(26)15-11-20/h5,7,10-11,14-15,17-19,21,25-26H,2-4,6,8-9,12-13,16H2,1H3,(H,27,28). The monoisotopic (exact) mass is 390 g/mol. The second-order valence-electron chi connectivity index (χ2n) is 7.68. The first kappa shape index (κ1) is 23.9. The SMILES string of the molecule is CC(C=O)CCC(O)CCC(CCCCC=CC(=O)O)Cc1ccc(O)cc1. The number of phenols is 1. The van der Waals surface area contributed by atoms with Crippen LogP contribution in [0.3, 0.4) is 0 Å². The number of carbonyl (C=O) groups is 2. The summed E-state index contributed by atoms with van der Waals surface area (Å²) in [6.45, 7) is 1.87. The van der Waals surface area contributed by atoms with E-state index >= 15 is 0 Å². The van der Waals surface area contributed by atoms with Crippen molar-refractivity contribution in [3.63, 3.8) is 0 Å². The van der Waals surface area contributed by atoms with Gasteiger partial charge in [0.05, 0.1) is 6.10 Å². The van der Waals surface area contributed by atoms with Gasteiger partial charge in [-0.2, -0.15) is 0 Å². The normalized spacial score (nSPS) is 14.6. The fourth-order valence-electron chi connectivity index (χ4n) is 3.29. The number of aliphatic hydroxyl groups is 1. The van der Waals surface area contributed by atoms with Crippen molar-refractivity contribution in [3.05, 3.63) is 42.0 Å². The summed E-state index contributed by atoms with van der Waals surface area (Å²) in [6.07, 6.45) is 11.0.